The molecule has 4 aromatic rings. The van der Waals surface area contributed by atoms with Crippen LogP contribution >= 0.6 is 0 Å². The number of ether oxygens (including phenoxy) is 1. The summed E-state index contributed by atoms with van der Waals surface area (Å²) in [6, 6.07) is 16.5. The van der Waals surface area contributed by atoms with E-state index in [-0.39, 0.29) is 17.5 Å². The summed E-state index contributed by atoms with van der Waals surface area (Å²) in [5.41, 5.74) is 4.05. The molecule has 0 spiro atoms. The average molecular weight is 524 g/mol. The summed E-state index contributed by atoms with van der Waals surface area (Å²) in [5.74, 6) is 2.09. The molecule has 1 amide bonds. The Balaban J connectivity index is 1.33. The largest absolute Gasteiger partial charge is 0.377 e. The molecule has 198 valence electrons. The van der Waals surface area contributed by atoms with Gasteiger partial charge in [0.15, 0.2) is 5.82 Å². The highest BCUT2D eigenvalue weighted by Crippen LogP contribution is 2.32. The maximum absolute atomic E-state index is 13.2. The first-order valence-corrected chi connectivity index (χ1v) is 13.1. The fraction of sp³-hybridized carbons (Fsp3) is 0.276. The maximum Gasteiger partial charge on any atom is 0.255 e. The summed E-state index contributed by atoms with van der Waals surface area (Å²) in [5, 5.41) is 3.21. The minimum atomic E-state index is -0.167. The summed E-state index contributed by atoms with van der Waals surface area (Å²) in [6.07, 6.45) is 3.95. The summed E-state index contributed by atoms with van der Waals surface area (Å²) in [6.45, 7) is 5.18. The number of anilines is 3. The maximum atomic E-state index is 13.2. The highest BCUT2D eigenvalue weighted by Gasteiger charge is 2.30. The predicted molar refractivity (Wildman–Crippen MR) is 148 cm³/mol. The van der Waals surface area contributed by atoms with E-state index < -0.39 is 0 Å². The van der Waals surface area contributed by atoms with Gasteiger partial charge in [-0.2, -0.15) is 0 Å². The van der Waals surface area contributed by atoms with Crippen LogP contribution in [0, 0.1) is 0 Å². The first-order chi connectivity index (χ1) is 19.0. The molecule has 2 N–H and O–H groups in total. The van der Waals surface area contributed by atoms with Crippen molar-refractivity contribution in [3.05, 3.63) is 94.2 Å². The number of hydrogen-bond acceptors (Lipinski definition) is 8. The third-order valence-corrected chi connectivity index (χ3v) is 7.07. The van der Waals surface area contributed by atoms with Crippen LogP contribution in [0.5, 0.6) is 0 Å². The van der Waals surface area contributed by atoms with Crippen LogP contribution in [0.4, 0.5) is 17.3 Å². The molecular formula is C29H29N7O3. The molecule has 0 bridgehead atoms. The van der Waals surface area contributed by atoms with E-state index in [0.717, 1.165) is 34.9 Å². The number of rotatable bonds is 5. The van der Waals surface area contributed by atoms with Crippen molar-refractivity contribution in [2.24, 2.45) is 0 Å². The molecule has 5 heterocycles. The highest BCUT2D eigenvalue weighted by molar-refractivity contribution is 5.94. The minimum absolute atomic E-state index is 0.0513. The third kappa shape index (κ3) is 5.23. The number of hydrogen-bond donors (Lipinski definition) is 2. The fourth-order valence-corrected chi connectivity index (χ4v) is 5.04. The number of morpholine rings is 1. The Bertz CT molecular complexity index is 1540. The zero-order valence-electron chi connectivity index (χ0n) is 21.6. The number of amides is 1. The Labute approximate surface area is 225 Å². The van der Waals surface area contributed by atoms with Gasteiger partial charge in [0.1, 0.15) is 11.6 Å². The van der Waals surface area contributed by atoms with Crippen molar-refractivity contribution in [1.29, 1.82) is 0 Å². The highest BCUT2D eigenvalue weighted by atomic mass is 16.5. The average Bonchev–Trinajstić information content (AvgIpc) is 2.97. The van der Waals surface area contributed by atoms with Gasteiger partial charge in [-0.15, -0.1) is 0 Å². The van der Waals surface area contributed by atoms with Crippen molar-refractivity contribution < 1.29 is 9.53 Å². The van der Waals surface area contributed by atoms with Gasteiger partial charge in [-0.1, -0.05) is 6.07 Å². The molecule has 10 nitrogen and oxygen atoms in total. The smallest absolute Gasteiger partial charge is 0.255 e. The molecule has 10 heteroatoms. The third-order valence-electron chi connectivity index (χ3n) is 7.07. The molecule has 0 unspecified atom stereocenters. The number of fused-ring (bicyclic) bond motifs is 1. The second kappa shape index (κ2) is 10.7. The number of carbonyl (C=O) groups is 1. The number of aromatic nitrogens is 4. The van der Waals surface area contributed by atoms with Crippen molar-refractivity contribution in [3.63, 3.8) is 0 Å². The quantitative estimate of drug-likeness (QED) is 0.409. The fourth-order valence-electron chi connectivity index (χ4n) is 5.04. The second-order valence-electron chi connectivity index (χ2n) is 9.76. The monoisotopic (exact) mass is 523 g/mol. The number of H-pyrrole nitrogens is 1. The molecule has 3 aromatic heterocycles. The first kappa shape index (κ1) is 24.7. The van der Waals surface area contributed by atoms with Crippen LogP contribution in [0.15, 0.2) is 71.8 Å². The molecular weight excluding hydrogens is 494 g/mol. The van der Waals surface area contributed by atoms with Crippen molar-refractivity contribution in [3.8, 4) is 11.4 Å². The van der Waals surface area contributed by atoms with E-state index in [1.54, 1.807) is 36.7 Å². The molecule has 6 rings (SSSR count). The van der Waals surface area contributed by atoms with Crippen molar-refractivity contribution in [2.75, 3.05) is 36.5 Å². The molecule has 1 atom stereocenters. The van der Waals surface area contributed by atoms with Crippen molar-refractivity contribution in [1.82, 2.24) is 24.8 Å². The van der Waals surface area contributed by atoms with E-state index >= 15 is 0 Å². The first-order valence-electron chi connectivity index (χ1n) is 13.1. The van der Waals surface area contributed by atoms with Crippen molar-refractivity contribution >= 4 is 23.2 Å². The predicted octanol–water partition coefficient (Wildman–Crippen LogP) is 3.39. The summed E-state index contributed by atoms with van der Waals surface area (Å²) in [7, 11) is 0. The lowest BCUT2D eigenvalue weighted by atomic mass is 10.0. The standard InChI is InChI=1S/C29H29N7O3/c1-19-18-39-15-14-36(19)28-23-11-13-35(29(38)21-4-3-12-30-16-21)17-24(23)32-27(34-28)20-7-9-22(10-8-20)31-25-5-2-6-26(37)33-25/h2-10,12,16,19H,11,13-15,17-18H2,1H3,(H2,31,33,37)/t19-/m0/s1. The minimum Gasteiger partial charge on any atom is -0.377 e. The van der Waals surface area contributed by atoms with Gasteiger partial charge in [-0.05, 0) is 55.8 Å². The van der Waals surface area contributed by atoms with Gasteiger partial charge >= 0.3 is 0 Å². The van der Waals surface area contributed by atoms with Crippen LogP contribution in [0.25, 0.3) is 11.4 Å². The molecule has 0 aliphatic carbocycles. The molecule has 1 saturated heterocycles. The van der Waals surface area contributed by atoms with Gasteiger partial charge in [0, 0.05) is 48.4 Å². The number of pyridine rings is 2. The Morgan fingerprint density at radius 1 is 1.08 bits per heavy atom. The van der Waals surface area contributed by atoms with Gasteiger partial charge in [0.25, 0.3) is 5.91 Å². The molecule has 1 aromatic carbocycles. The molecule has 2 aliphatic heterocycles. The Kier molecular flexibility index (Phi) is 6.76. The summed E-state index contributed by atoms with van der Waals surface area (Å²) >= 11 is 0. The van der Waals surface area contributed by atoms with Crippen LogP contribution in [0.1, 0.15) is 28.5 Å². The van der Waals surface area contributed by atoms with Gasteiger partial charge in [0.05, 0.1) is 37.1 Å². The molecule has 0 radical (unpaired) electrons. The second-order valence-corrected chi connectivity index (χ2v) is 9.76. The summed E-state index contributed by atoms with van der Waals surface area (Å²) < 4.78 is 5.69. The van der Waals surface area contributed by atoms with E-state index in [2.05, 4.69) is 27.1 Å². The van der Waals surface area contributed by atoms with Gasteiger partial charge in [0.2, 0.25) is 5.56 Å². The topological polar surface area (TPSA) is 116 Å². The van der Waals surface area contributed by atoms with Crippen LogP contribution in [0.2, 0.25) is 0 Å². The molecule has 39 heavy (non-hydrogen) atoms. The number of benzene rings is 1. The van der Waals surface area contributed by atoms with Crippen LogP contribution in [-0.4, -0.2) is 63.1 Å². The zero-order chi connectivity index (χ0) is 26.8. The molecule has 2 aliphatic rings. The van der Waals surface area contributed by atoms with Gasteiger partial charge in [-0.3, -0.25) is 14.6 Å². The normalized spacial score (nSPS) is 17.0. The Hall–Kier alpha value is -4.57. The van der Waals surface area contributed by atoms with Crippen molar-refractivity contribution in [2.45, 2.75) is 25.9 Å². The van der Waals surface area contributed by atoms with Gasteiger partial charge < -0.3 is 24.8 Å². The van der Waals surface area contributed by atoms with E-state index in [4.69, 9.17) is 14.7 Å². The lowest BCUT2D eigenvalue weighted by Crippen LogP contribution is -2.45. The Morgan fingerprint density at radius 3 is 2.72 bits per heavy atom. The summed E-state index contributed by atoms with van der Waals surface area (Å²) in [4.78, 5) is 45.8. The number of nitrogens with one attached hydrogen (secondary N) is 2. The number of carbonyl (C=O) groups excluding carboxylic acids is 1. The lowest BCUT2D eigenvalue weighted by molar-refractivity contribution is 0.0731. The van der Waals surface area contributed by atoms with Gasteiger partial charge in [-0.25, -0.2) is 9.97 Å². The van der Waals surface area contributed by atoms with E-state index in [1.165, 1.54) is 6.07 Å². The molecule has 0 saturated carbocycles. The van der Waals surface area contributed by atoms with E-state index in [0.29, 0.717) is 49.9 Å². The van der Waals surface area contributed by atoms with Crippen LogP contribution in [0.3, 0.4) is 0 Å². The zero-order valence-corrected chi connectivity index (χ0v) is 21.6. The molecule has 1 fully saturated rings. The van der Waals surface area contributed by atoms with E-state index in [9.17, 15) is 9.59 Å². The Morgan fingerprint density at radius 2 is 1.95 bits per heavy atom. The van der Waals surface area contributed by atoms with Crippen LogP contribution < -0.4 is 15.8 Å². The SMILES string of the molecule is C[C@H]1COCCN1c1nc(-c2ccc(Nc3cccc(=O)[nH]3)cc2)nc2c1CCN(C(=O)c1cccnc1)C2. The lowest BCUT2D eigenvalue weighted by Gasteiger charge is -2.37. The number of nitrogens with zero attached hydrogens (tertiary/aromatic N) is 5. The van der Waals surface area contributed by atoms with Crippen LogP contribution in [-0.2, 0) is 17.7 Å². The number of aromatic amines is 1. The van der Waals surface area contributed by atoms with E-state index in [1.807, 2.05) is 29.2 Å².